The summed E-state index contributed by atoms with van der Waals surface area (Å²) in [7, 11) is 0. The van der Waals surface area contributed by atoms with Crippen molar-refractivity contribution in [3.8, 4) is 0 Å². The molecule has 2 unspecified atom stereocenters. The molecule has 0 spiro atoms. The van der Waals surface area contributed by atoms with E-state index in [0.29, 0.717) is 36.5 Å². The van der Waals surface area contributed by atoms with Crippen LogP contribution in [0.3, 0.4) is 0 Å². The fraction of sp³-hybridized carbons (Fsp3) is 0.875. The summed E-state index contributed by atoms with van der Waals surface area (Å²) in [5.41, 5.74) is 0. The van der Waals surface area contributed by atoms with Crippen molar-refractivity contribution in [1.82, 2.24) is 0 Å². The highest BCUT2D eigenvalue weighted by Gasteiger charge is 2.40. The van der Waals surface area contributed by atoms with Gasteiger partial charge in [-0.3, -0.25) is 4.79 Å². The minimum absolute atomic E-state index is 0.178. The number of hydrogen-bond donors (Lipinski definition) is 1. The number of rotatable bonds is 7. The minimum atomic E-state index is -2.12. The average Bonchev–Trinajstić information content (AvgIpc) is 2.66. The molecule has 2 aliphatic carbocycles. The van der Waals surface area contributed by atoms with Crippen LogP contribution in [0.15, 0.2) is 0 Å². The lowest BCUT2D eigenvalue weighted by atomic mass is 9.75. The van der Waals surface area contributed by atoms with Gasteiger partial charge in [0.2, 0.25) is 6.10 Å². The number of aliphatic hydroxyl groups excluding tert-OH is 1. The monoisotopic (exact) mass is 424 g/mol. The molecule has 6 heteroatoms. The van der Waals surface area contributed by atoms with Crippen molar-refractivity contribution in [2.24, 2.45) is 35.5 Å². The molecule has 0 aromatic heterocycles. The van der Waals surface area contributed by atoms with Crippen LogP contribution < -0.4 is 0 Å². The molecule has 2 aliphatic rings. The third-order valence-electron chi connectivity index (χ3n) is 7.12. The Morgan fingerprint density at radius 3 is 1.63 bits per heavy atom. The molecule has 30 heavy (non-hydrogen) atoms. The number of carbonyl (C=O) groups excluding carboxylic acids is 3. The second kappa shape index (κ2) is 10.7. The van der Waals surface area contributed by atoms with E-state index >= 15 is 0 Å². The van der Waals surface area contributed by atoms with E-state index in [-0.39, 0.29) is 24.0 Å². The van der Waals surface area contributed by atoms with Gasteiger partial charge in [0, 0.05) is 0 Å². The molecule has 0 aliphatic heterocycles. The van der Waals surface area contributed by atoms with Crippen molar-refractivity contribution in [2.75, 3.05) is 0 Å². The van der Waals surface area contributed by atoms with Crippen LogP contribution in [0, 0.1) is 35.5 Å². The number of ketones is 1. The normalized spacial score (nSPS) is 33.2. The van der Waals surface area contributed by atoms with Crippen molar-refractivity contribution in [3.63, 3.8) is 0 Å². The van der Waals surface area contributed by atoms with E-state index in [2.05, 4.69) is 41.5 Å². The van der Waals surface area contributed by atoms with Crippen molar-refractivity contribution in [1.29, 1.82) is 0 Å². The summed E-state index contributed by atoms with van der Waals surface area (Å²) < 4.78 is 11.0. The first-order valence-electron chi connectivity index (χ1n) is 11.6. The molecule has 0 bridgehead atoms. The summed E-state index contributed by atoms with van der Waals surface area (Å²) in [4.78, 5) is 37.3. The number of ether oxygens (including phenoxy) is 2. The van der Waals surface area contributed by atoms with Gasteiger partial charge >= 0.3 is 11.9 Å². The number of esters is 2. The van der Waals surface area contributed by atoms with Crippen LogP contribution in [0.5, 0.6) is 0 Å². The van der Waals surface area contributed by atoms with Crippen molar-refractivity contribution < 1.29 is 29.0 Å². The molecule has 1 N–H and O–H groups in total. The van der Waals surface area contributed by atoms with Gasteiger partial charge in [0.25, 0.3) is 5.78 Å². The molecule has 6 nitrogen and oxygen atoms in total. The van der Waals surface area contributed by atoms with Gasteiger partial charge in [0.15, 0.2) is 0 Å². The highest BCUT2D eigenvalue weighted by Crippen LogP contribution is 2.36. The Balaban J connectivity index is 1.97. The third kappa shape index (κ3) is 6.29. The van der Waals surface area contributed by atoms with Crippen molar-refractivity contribution in [3.05, 3.63) is 0 Å². The molecule has 0 saturated heterocycles. The summed E-state index contributed by atoms with van der Waals surface area (Å²) in [6, 6.07) is 0. The van der Waals surface area contributed by atoms with Gasteiger partial charge in [-0.25, -0.2) is 9.59 Å². The smallest absolute Gasteiger partial charge is 0.378 e. The van der Waals surface area contributed by atoms with E-state index in [4.69, 9.17) is 9.47 Å². The fourth-order valence-corrected chi connectivity index (χ4v) is 5.13. The predicted molar refractivity (Wildman–Crippen MR) is 113 cm³/mol. The average molecular weight is 425 g/mol. The fourth-order valence-electron chi connectivity index (χ4n) is 5.13. The van der Waals surface area contributed by atoms with Gasteiger partial charge in [-0.15, -0.1) is 0 Å². The molecule has 0 amide bonds. The Bertz CT molecular complexity index is 613. The Kier molecular flexibility index (Phi) is 8.89. The molecule has 0 aromatic rings. The van der Waals surface area contributed by atoms with Crippen LogP contribution in [0.1, 0.15) is 80.1 Å². The van der Waals surface area contributed by atoms with E-state index in [1.54, 1.807) is 0 Å². The first kappa shape index (κ1) is 24.8. The number of Topliss-reactive ketones (excluding diaryl/α,β-unsaturated/α-hetero) is 1. The molecular weight excluding hydrogens is 384 g/mol. The summed E-state index contributed by atoms with van der Waals surface area (Å²) in [6.07, 6.45) is 2.58. The van der Waals surface area contributed by atoms with Gasteiger partial charge in [-0.2, -0.15) is 0 Å². The Morgan fingerprint density at radius 2 is 1.20 bits per heavy atom. The van der Waals surface area contributed by atoms with Crippen LogP contribution in [-0.2, 0) is 23.9 Å². The lowest BCUT2D eigenvalue weighted by Crippen LogP contribution is -2.44. The number of aliphatic hydroxyl groups is 1. The van der Waals surface area contributed by atoms with E-state index < -0.39 is 23.8 Å². The largest absolute Gasteiger partial charge is 0.460 e. The van der Waals surface area contributed by atoms with E-state index in [1.807, 2.05) is 0 Å². The van der Waals surface area contributed by atoms with Crippen LogP contribution in [-0.4, -0.2) is 41.1 Å². The van der Waals surface area contributed by atoms with Crippen LogP contribution >= 0.6 is 0 Å². The molecule has 0 radical (unpaired) electrons. The standard InChI is InChI=1S/C24H40O6/c1-13(2)17-9-7-15(5)11-19(17)29-23(27)21(25)22(26)24(28)30-20-12-16(6)8-10-18(20)14(3)4/h13-21,25H,7-12H2,1-6H3/t15-,16-,17+,18+,19-,20?,21?/m1/s1. The molecule has 0 aromatic carbocycles. The lowest BCUT2D eigenvalue weighted by Gasteiger charge is -2.37. The molecule has 172 valence electrons. The molecule has 7 atom stereocenters. The number of carbonyl (C=O) groups is 3. The lowest BCUT2D eigenvalue weighted by molar-refractivity contribution is -0.176. The molecule has 2 fully saturated rings. The molecule has 2 saturated carbocycles. The zero-order chi connectivity index (χ0) is 22.6. The van der Waals surface area contributed by atoms with Gasteiger partial charge in [-0.1, -0.05) is 54.4 Å². The van der Waals surface area contributed by atoms with Gasteiger partial charge in [0.05, 0.1) is 0 Å². The SMILES string of the molecule is CC(C)[C@@H]1CC[C@@H](C)CC1OC(=O)C(=O)C(O)C(=O)O[C@@H]1C[C@H](C)CC[C@H]1C(C)C. The Labute approximate surface area is 181 Å². The van der Waals surface area contributed by atoms with E-state index in [1.165, 1.54) is 0 Å². The van der Waals surface area contributed by atoms with Gasteiger partial charge in [0.1, 0.15) is 12.2 Å². The van der Waals surface area contributed by atoms with E-state index in [0.717, 1.165) is 25.7 Å². The Morgan fingerprint density at radius 1 is 0.767 bits per heavy atom. The topological polar surface area (TPSA) is 89.9 Å². The quantitative estimate of drug-likeness (QED) is 0.378. The summed E-state index contributed by atoms with van der Waals surface area (Å²) in [5, 5.41) is 10.2. The highest BCUT2D eigenvalue weighted by atomic mass is 16.6. The zero-order valence-corrected chi connectivity index (χ0v) is 19.4. The summed E-state index contributed by atoms with van der Waals surface area (Å²) >= 11 is 0. The molecule has 2 rings (SSSR count). The maximum atomic E-state index is 12.4. The third-order valence-corrected chi connectivity index (χ3v) is 7.12. The minimum Gasteiger partial charge on any atom is -0.460 e. The maximum Gasteiger partial charge on any atom is 0.378 e. The highest BCUT2D eigenvalue weighted by molar-refractivity contribution is 6.39. The van der Waals surface area contributed by atoms with Crippen molar-refractivity contribution >= 4 is 17.7 Å². The predicted octanol–water partition coefficient (Wildman–Crippen LogP) is 3.92. The summed E-state index contributed by atoms with van der Waals surface area (Å²) in [6.45, 7) is 12.5. The number of hydrogen-bond acceptors (Lipinski definition) is 6. The zero-order valence-electron chi connectivity index (χ0n) is 19.4. The first-order valence-corrected chi connectivity index (χ1v) is 11.6. The molecule has 0 heterocycles. The van der Waals surface area contributed by atoms with Crippen LogP contribution in [0.4, 0.5) is 0 Å². The first-order chi connectivity index (χ1) is 14.0. The van der Waals surface area contributed by atoms with Crippen molar-refractivity contribution in [2.45, 2.75) is 98.4 Å². The van der Waals surface area contributed by atoms with E-state index in [9.17, 15) is 19.5 Å². The second-order valence-corrected chi connectivity index (χ2v) is 10.3. The second-order valence-electron chi connectivity index (χ2n) is 10.3. The summed E-state index contributed by atoms with van der Waals surface area (Å²) in [5.74, 6) is -1.57. The maximum absolute atomic E-state index is 12.4. The van der Waals surface area contributed by atoms with Gasteiger partial charge < -0.3 is 14.6 Å². The van der Waals surface area contributed by atoms with Gasteiger partial charge in [-0.05, 0) is 61.2 Å². The molecular formula is C24H40O6. The Hall–Kier alpha value is -1.43. The van der Waals surface area contributed by atoms with Crippen LogP contribution in [0.25, 0.3) is 0 Å². The van der Waals surface area contributed by atoms with Crippen LogP contribution in [0.2, 0.25) is 0 Å².